The normalized spacial score (nSPS) is 24.0. The lowest BCUT2D eigenvalue weighted by molar-refractivity contribution is -0.148. The van der Waals surface area contributed by atoms with Crippen molar-refractivity contribution in [2.45, 2.75) is 64.0 Å². The molecule has 0 unspecified atom stereocenters. The molecule has 2 atom stereocenters. The number of hydrogen-bond donors (Lipinski definition) is 0. The summed E-state index contributed by atoms with van der Waals surface area (Å²) in [5.41, 5.74) is 0.986. The molecule has 1 heterocycles. The molecule has 1 aromatic rings. The van der Waals surface area contributed by atoms with Crippen LogP contribution < -0.4 is 4.74 Å². The van der Waals surface area contributed by atoms with Gasteiger partial charge in [0.05, 0.1) is 19.1 Å². The molecule has 0 bridgehead atoms. The van der Waals surface area contributed by atoms with Crippen LogP contribution in [0.4, 0.5) is 0 Å². The SMILES string of the molecule is CCN1C(=O)CC[C@@H](C(=O)N(C)C2CCCCC2)[C@@H]1c1cccc(OC)c1. The van der Waals surface area contributed by atoms with Crippen molar-refractivity contribution in [2.75, 3.05) is 20.7 Å². The molecule has 0 radical (unpaired) electrons. The molecule has 2 amide bonds. The van der Waals surface area contributed by atoms with Crippen molar-refractivity contribution in [2.24, 2.45) is 5.92 Å². The highest BCUT2D eigenvalue weighted by Gasteiger charge is 2.42. The fourth-order valence-electron chi connectivity index (χ4n) is 4.73. The number of rotatable bonds is 5. The number of carbonyl (C=O) groups excluding carboxylic acids is 2. The number of likely N-dealkylation sites (tertiary alicyclic amines) is 1. The van der Waals surface area contributed by atoms with Crippen molar-refractivity contribution in [3.05, 3.63) is 29.8 Å². The van der Waals surface area contributed by atoms with Gasteiger partial charge in [0.15, 0.2) is 0 Å². The van der Waals surface area contributed by atoms with Gasteiger partial charge in [-0.2, -0.15) is 0 Å². The third kappa shape index (κ3) is 4.12. The fourth-order valence-corrected chi connectivity index (χ4v) is 4.73. The Bertz CT molecular complexity index is 669. The van der Waals surface area contributed by atoms with Gasteiger partial charge in [-0.1, -0.05) is 31.4 Å². The third-order valence-corrected chi connectivity index (χ3v) is 6.27. The molecule has 1 aliphatic carbocycles. The van der Waals surface area contributed by atoms with Gasteiger partial charge < -0.3 is 14.5 Å². The van der Waals surface area contributed by atoms with Crippen molar-refractivity contribution < 1.29 is 14.3 Å². The molecule has 0 aromatic heterocycles. The summed E-state index contributed by atoms with van der Waals surface area (Å²) in [6, 6.07) is 7.93. The molecule has 2 aliphatic rings. The molecular formula is C22H32N2O3. The van der Waals surface area contributed by atoms with Crippen LogP contribution in [-0.2, 0) is 9.59 Å². The Morgan fingerprint density at radius 2 is 1.96 bits per heavy atom. The molecule has 0 spiro atoms. The van der Waals surface area contributed by atoms with E-state index in [-0.39, 0.29) is 23.8 Å². The molecule has 3 rings (SSSR count). The van der Waals surface area contributed by atoms with Crippen LogP contribution in [-0.4, -0.2) is 48.4 Å². The Morgan fingerprint density at radius 3 is 2.63 bits per heavy atom. The molecule has 27 heavy (non-hydrogen) atoms. The number of hydrogen-bond acceptors (Lipinski definition) is 3. The molecular weight excluding hydrogens is 340 g/mol. The molecule has 148 valence electrons. The monoisotopic (exact) mass is 372 g/mol. The molecule has 0 N–H and O–H groups in total. The lowest BCUT2D eigenvalue weighted by Crippen LogP contribution is -2.50. The van der Waals surface area contributed by atoms with Crippen LogP contribution in [0.1, 0.15) is 63.5 Å². The summed E-state index contributed by atoms with van der Waals surface area (Å²) >= 11 is 0. The van der Waals surface area contributed by atoms with Crippen LogP contribution in [0.15, 0.2) is 24.3 Å². The van der Waals surface area contributed by atoms with E-state index in [2.05, 4.69) is 0 Å². The van der Waals surface area contributed by atoms with Crippen LogP contribution in [0.3, 0.4) is 0 Å². The number of carbonyl (C=O) groups is 2. The predicted octanol–water partition coefficient (Wildman–Crippen LogP) is 3.79. The zero-order valence-corrected chi connectivity index (χ0v) is 16.8. The summed E-state index contributed by atoms with van der Waals surface area (Å²) in [6.07, 6.45) is 6.92. The van der Waals surface area contributed by atoms with E-state index in [1.807, 2.05) is 48.0 Å². The van der Waals surface area contributed by atoms with Crippen LogP contribution in [0.25, 0.3) is 0 Å². The molecule has 1 saturated carbocycles. The first-order valence-corrected chi connectivity index (χ1v) is 10.3. The Kier molecular flexibility index (Phi) is 6.40. The van der Waals surface area contributed by atoms with E-state index in [1.54, 1.807) is 7.11 Å². The zero-order chi connectivity index (χ0) is 19.4. The Balaban J connectivity index is 1.90. The van der Waals surface area contributed by atoms with Gasteiger partial charge in [0.1, 0.15) is 5.75 Å². The molecule has 1 aliphatic heterocycles. The van der Waals surface area contributed by atoms with E-state index < -0.39 is 0 Å². The Morgan fingerprint density at radius 1 is 1.22 bits per heavy atom. The van der Waals surface area contributed by atoms with E-state index >= 15 is 0 Å². The first-order valence-electron chi connectivity index (χ1n) is 10.3. The second-order valence-corrected chi connectivity index (χ2v) is 7.79. The van der Waals surface area contributed by atoms with Gasteiger partial charge in [0.2, 0.25) is 11.8 Å². The van der Waals surface area contributed by atoms with Gasteiger partial charge in [-0.05, 0) is 43.9 Å². The third-order valence-electron chi connectivity index (χ3n) is 6.27. The molecule has 5 nitrogen and oxygen atoms in total. The van der Waals surface area contributed by atoms with E-state index in [0.717, 1.165) is 24.2 Å². The molecule has 1 aromatic carbocycles. The second kappa shape index (κ2) is 8.77. The van der Waals surface area contributed by atoms with Crippen LogP contribution in [0, 0.1) is 5.92 Å². The van der Waals surface area contributed by atoms with Crippen molar-refractivity contribution in [3.63, 3.8) is 0 Å². The number of nitrogens with zero attached hydrogens (tertiary/aromatic N) is 2. The van der Waals surface area contributed by atoms with Gasteiger partial charge in [0, 0.05) is 26.1 Å². The summed E-state index contributed by atoms with van der Waals surface area (Å²) in [6.45, 7) is 2.60. The molecule has 5 heteroatoms. The minimum absolute atomic E-state index is 0.134. The summed E-state index contributed by atoms with van der Waals surface area (Å²) in [4.78, 5) is 29.9. The van der Waals surface area contributed by atoms with E-state index in [0.29, 0.717) is 25.4 Å². The fraction of sp³-hybridized carbons (Fsp3) is 0.636. The molecule has 1 saturated heterocycles. The predicted molar refractivity (Wildman–Crippen MR) is 105 cm³/mol. The van der Waals surface area contributed by atoms with Crippen molar-refractivity contribution >= 4 is 11.8 Å². The average Bonchev–Trinajstić information content (AvgIpc) is 2.73. The average molecular weight is 373 g/mol. The summed E-state index contributed by atoms with van der Waals surface area (Å²) < 4.78 is 5.38. The van der Waals surface area contributed by atoms with Crippen molar-refractivity contribution in [1.82, 2.24) is 9.80 Å². The molecule has 2 fully saturated rings. The highest BCUT2D eigenvalue weighted by Crippen LogP contribution is 2.39. The van der Waals surface area contributed by atoms with Gasteiger partial charge in [0.25, 0.3) is 0 Å². The second-order valence-electron chi connectivity index (χ2n) is 7.79. The minimum Gasteiger partial charge on any atom is -0.497 e. The zero-order valence-electron chi connectivity index (χ0n) is 16.8. The van der Waals surface area contributed by atoms with Crippen LogP contribution in [0.5, 0.6) is 5.75 Å². The lowest BCUT2D eigenvalue weighted by Gasteiger charge is -2.43. The van der Waals surface area contributed by atoms with Crippen molar-refractivity contribution in [3.8, 4) is 5.75 Å². The Hall–Kier alpha value is -2.04. The van der Waals surface area contributed by atoms with Gasteiger partial charge in [-0.3, -0.25) is 9.59 Å². The van der Waals surface area contributed by atoms with Gasteiger partial charge in [-0.15, -0.1) is 0 Å². The quantitative estimate of drug-likeness (QED) is 0.790. The lowest BCUT2D eigenvalue weighted by atomic mass is 9.82. The van der Waals surface area contributed by atoms with E-state index in [1.165, 1.54) is 19.3 Å². The maximum absolute atomic E-state index is 13.5. The van der Waals surface area contributed by atoms with Crippen LogP contribution in [0.2, 0.25) is 0 Å². The summed E-state index contributed by atoms with van der Waals surface area (Å²) in [5.74, 6) is 0.880. The summed E-state index contributed by atoms with van der Waals surface area (Å²) in [7, 11) is 3.59. The topological polar surface area (TPSA) is 49.9 Å². The standard InChI is InChI=1S/C22H32N2O3/c1-4-24-20(25)14-13-19(21(24)16-9-8-12-18(15-16)27-3)22(26)23(2)17-10-6-5-7-11-17/h8-9,12,15,17,19,21H,4-7,10-11,13-14H2,1-3H3/t19-,21+/m1/s1. The van der Waals surface area contributed by atoms with E-state index in [4.69, 9.17) is 4.74 Å². The number of ether oxygens (including phenoxy) is 1. The maximum atomic E-state index is 13.5. The van der Waals surface area contributed by atoms with Crippen LogP contribution >= 0.6 is 0 Å². The maximum Gasteiger partial charge on any atom is 0.228 e. The van der Waals surface area contributed by atoms with Gasteiger partial charge in [-0.25, -0.2) is 0 Å². The number of benzene rings is 1. The number of amides is 2. The van der Waals surface area contributed by atoms with E-state index in [9.17, 15) is 9.59 Å². The smallest absolute Gasteiger partial charge is 0.228 e. The van der Waals surface area contributed by atoms with Crippen molar-refractivity contribution in [1.29, 1.82) is 0 Å². The number of methoxy groups -OCH3 is 1. The highest BCUT2D eigenvalue weighted by atomic mass is 16.5. The first-order chi connectivity index (χ1) is 13.1. The van der Waals surface area contributed by atoms with Gasteiger partial charge >= 0.3 is 0 Å². The minimum atomic E-state index is -0.218. The first kappa shape index (κ1) is 19.7. The highest BCUT2D eigenvalue weighted by molar-refractivity contribution is 5.85. The largest absolute Gasteiger partial charge is 0.497 e. The number of piperidine rings is 1. The Labute approximate surface area is 162 Å². The summed E-state index contributed by atoms with van der Waals surface area (Å²) in [5, 5.41) is 0.